The molecule has 19 heavy (non-hydrogen) atoms. The van der Waals surface area contributed by atoms with Crippen molar-refractivity contribution >= 4 is 17.4 Å². The number of hydrogen-bond donors (Lipinski definition) is 1. The van der Waals surface area contributed by atoms with Crippen LogP contribution in [0.15, 0.2) is 6.33 Å². The first-order chi connectivity index (χ1) is 9.31. The van der Waals surface area contributed by atoms with Crippen LogP contribution in [0.3, 0.4) is 0 Å². The van der Waals surface area contributed by atoms with E-state index in [0.717, 1.165) is 37.4 Å². The highest BCUT2D eigenvalue weighted by Gasteiger charge is 2.15. The molecule has 5 heteroatoms. The lowest BCUT2D eigenvalue weighted by molar-refractivity contribution is 0.0658. The molecule has 0 aliphatic heterocycles. The molecule has 1 aliphatic carbocycles. The second-order valence-electron chi connectivity index (χ2n) is 4.95. The van der Waals surface area contributed by atoms with Crippen molar-refractivity contribution in [2.45, 2.75) is 51.6 Å². The number of ether oxygens (including phenoxy) is 1. The minimum Gasteiger partial charge on any atom is -0.376 e. The maximum Gasteiger partial charge on any atom is 0.137 e. The molecule has 1 saturated carbocycles. The fourth-order valence-electron chi connectivity index (χ4n) is 2.46. The van der Waals surface area contributed by atoms with E-state index in [1.54, 1.807) is 0 Å². The van der Waals surface area contributed by atoms with Crippen LogP contribution in [-0.2, 0) is 11.2 Å². The molecule has 1 aromatic heterocycles. The number of rotatable bonds is 7. The number of nitrogens with one attached hydrogen (secondary N) is 1. The van der Waals surface area contributed by atoms with Gasteiger partial charge in [-0.2, -0.15) is 0 Å². The van der Waals surface area contributed by atoms with E-state index in [1.165, 1.54) is 32.0 Å². The summed E-state index contributed by atoms with van der Waals surface area (Å²) >= 11 is 6.10. The highest BCUT2D eigenvalue weighted by Crippen LogP contribution is 2.22. The van der Waals surface area contributed by atoms with Gasteiger partial charge in [0.05, 0.1) is 12.7 Å². The van der Waals surface area contributed by atoms with Crippen molar-refractivity contribution in [2.75, 3.05) is 18.5 Å². The Morgan fingerprint density at radius 3 is 2.89 bits per heavy atom. The molecule has 1 heterocycles. The Hall–Kier alpha value is -0.870. The molecule has 0 unspecified atom stereocenters. The number of halogens is 1. The number of anilines is 1. The molecule has 2 rings (SSSR count). The summed E-state index contributed by atoms with van der Waals surface area (Å²) in [4.78, 5) is 8.30. The van der Waals surface area contributed by atoms with Crippen LogP contribution in [-0.4, -0.2) is 29.2 Å². The van der Waals surface area contributed by atoms with Gasteiger partial charge < -0.3 is 10.1 Å². The van der Waals surface area contributed by atoms with Crippen LogP contribution in [0.1, 0.15) is 44.6 Å². The first-order valence-electron chi connectivity index (χ1n) is 7.16. The van der Waals surface area contributed by atoms with Gasteiger partial charge in [-0.25, -0.2) is 9.97 Å². The minimum absolute atomic E-state index is 0.464. The van der Waals surface area contributed by atoms with Gasteiger partial charge in [0.15, 0.2) is 0 Å². The van der Waals surface area contributed by atoms with Gasteiger partial charge in [-0.15, -0.1) is 0 Å². The lowest BCUT2D eigenvalue weighted by atomic mass is 10.2. The molecular formula is C14H22ClN3O. The predicted octanol–water partition coefficient (Wildman–Crippen LogP) is 3.45. The van der Waals surface area contributed by atoms with E-state index in [2.05, 4.69) is 22.2 Å². The molecule has 1 aliphatic rings. The SMILES string of the molecule is CCCc1c(Cl)ncnc1NCCOC1CCCC1. The van der Waals surface area contributed by atoms with Crippen LogP contribution in [0.5, 0.6) is 0 Å². The topological polar surface area (TPSA) is 47.0 Å². The first-order valence-corrected chi connectivity index (χ1v) is 7.54. The van der Waals surface area contributed by atoms with E-state index < -0.39 is 0 Å². The van der Waals surface area contributed by atoms with E-state index in [4.69, 9.17) is 16.3 Å². The van der Waals surface area contributed by atoms with Crippen molar-refractivity contribution in [3.8, 4) is 0 Å². The summed E-state index contributed by atoms with van der Waals surface area (Å²) in [5.41, 5.74) is 1.01. The van der Waals surface area contributed by atoms with Crippen LogP contribution in [0, 0.1) is 0 Å². The highest BCUT2D eigenvalue weighted by atomic mass is 35.5. The molecule has 1 fully saturated rings. The van der Waals surface area contributed by atoms with Gasteiger partial charge in [0.1, 0.15) is 17.3 Å². The molecule has 106 valence electrons. The average Bonchev–Trinajstić information content (AvgIpc) is 2.91. The molecule has 1 aromatic rings. The molecule has 0 amide bonds. The summed E-state index contributed by atoms with van der Waals surface area (Å²) in [6.07, 6.45) is 8.92. The zero-order valence-corrected chi connectivity index (χ0v) is 12.2. The largest absolute Gasteiger partial charge is 0.376 e. The summed E-state index contributed by atoms with van der Waals surface area (Å²) in [6.45, 7) is 3.61. The van der Waals surface area contributed by atoms with Crippen molar-refractivity contribution in [2.24, 2.45) is 0 Å². The normalized spacial score (nSPS) is 15.9. The Labute approximate surface area is 119 Å². The molecule has 0 saturated heterocycles. The molecule has 0 bridgehead atoms. The highest BCUT2D eigenvalue weighted by molar-refractivity contribution is 6.30. The summed E-state index contributed by atoms with van der Waals surface area (Å²) in [5, 5.41) is 3.85. The van der Waals surface area contributed by atoms with Gasteiger partial charge in [-0.3, -0.25) is 0 Å². The quantitative estimate of drug-likeness (QED) is 0.615. The maximum absolute atomic E-state index is 6.10. The lowest BCUT2D eigenvalue weighted by Gasteiger charge is -2.13. The number of aromatic nitrogens is 2. The van der Waals surface area contributed by atoms with Gasteiger partial charge >= 0.3 is 0 Å². The molecule has 0 radical (unpaired) electrons. The fourth-order valence-corrected chi connectivity index (χ4v) is 2.69. The van der Waals surface area contributed by atoms with Crippen LogP contribution in [0.25, 0.3) is 0 Å². The van der Waals surface area contributed by atoms with E-state index in [1.807, 2.05) is 0 Å². The van der Waals surface area contributed by atoms with E-state index in [-0.39, 0.29) is 0 Å². The monoisotopic (exact) mass is 283 g/mol. The third-order valence-electron chi connectivity index (χ3n) is 3.44. The molecule has 1 N–H and O–H groups in total. The third-order valence-corrected chi connectivity index (χ3v) is 3.77. The zero-order chi connectivity index (χ0) is 13.5. The predicted molar refractivity (Wildman–Crippen MR) is 77.7 cm³/mol. The lowest BCUT2D eigenvalue weighted by Crippen LogP contribution is -2.16. The second kappa shape index (κ2) is 7.65. The maximum atomic E-state index is 6.10. The minimum atomic E-state index is 0.464. The second-order valence-corrected chi connectivity index (χ2v) is 5.30. The van der Waals surface area contributed by atoms with E-state index >= 15 is 0 Å². The summed E-state index contributed by atoms with van der Waals surface area (Å²) in [5.74, 6) is 0.844. The number of nitrogens with zero attached hydrogens (tertiary/aromatic N) is 2. The summed E-state index contributed by atoms with van der Waals surface area (Å²) < 4.78 is 5.82. The number of hydrogen-bond acceptors (Lipinski definition) is 4. The van der Waals surface area contributed by atoms with Gasteiger partial charge in [-0.05, 0) is 19.3 Å². The van der Waals surface area contributed by atoms with Crippen LogP contribution < -0.4 is 5.32 Å². The first kappa shape index (κ1) is 14.5. The molecular weight excluding hydrogens is 262 g/mol. The van der Waals surface area contributed by atoms with Crippen LogP contribution in [0.2, 0.25) is 5.15 Å². The standard InChI is InChI=1S/C14H22ClN3O/c1-2-5-12-13(15)17-10-18-14(12)16-8-9-19-11-6-3-4-7-11/h10-11H,2-9H2,1H3,(H,16,17,18). The van der Waals surface area contributed by atoms with Gasteiger partial charge in [-0.1, -0.05) is 37.8 Å². The molecule has 0 aromatic carbocycles. The van der Waals surface area contributed by atoms with E-state index in [0.29, 0.717) is 11.3 Å². The Bertz CT molecular complexity index is 394. The Balaban J connectivity index is 1.79. The van der Waals surface area contributed by atoms with Crippen molar-refractivity contribution in [1.82, 2.24) is 9.97 Å². The Morgan fingerprint density at radius 1 is 1.37 bits per heavy atom. The fraction of sp³-hybridized carbons (Fsp3) is 0.714. The van der Waals surface area contributed by atoms with Crippen LogP contribution in [0.4, 0.5) is 5.82 Å². The Kier molecular flexibility index (Phi) is 5.86. The average molecular weight is 284 g/mol. The van der Waals surface area contributed by atoms with Crippen molar-refractivity contribution in [1.29, 1.82) is 0 Å². The van der Waals surface area contributed by atoms with Crippen LogP contribution >= 0.6 is 11.6 Å². The van der Waals surface area contributed by atoms with Crippen molar-refractivity contribution < 1.29 is 4.74 Å². The van der Waals surface area contributed by atoms with Gasteiger partial charge in [0.25, 0.3) is 0 Å². The third kappa shape index (κ3) is 4.32. The van der Waals surface area contributed by atoms with Gasteiger partial charge in [0.2, 0.25) is 0 Å². The Morgan fingerprint density at radius 2 is 2.16 bits per heavy atom. The van der Waals surface area contributed by atoms with Gasteiger partial charge in [0, 0.05) is 12.1 Å². The molecule has 0 atom stereocenters. The zero-order valence-electron chi connectivity index (χ0n) is 11.5. The summed E-state index contributed by atoms with van der Waals surface area (Å²) in [7, 11) is 0. The molecule has 4 nitrogen and oxygen atoms in total. The smallest absolute Gasteiger partial charge is 0.137 e. The van der Waals surface area contributed by atoms with E-state index in [9.17, 15) is 0 Å². The summed E-state index contributed by atoms with van der Waals surface area (Å²) in [6, 6.07) is 0. The molecule has 0 spiro atoms. The van der Waals surface area contributed by atoms with Crippen molar-refractivity contribution in [3.05, 3.63) is 17.0 Å². The van der Waals surface area contributed by atoms with Crippen molar-refractivity contribution in [3.63, 3.8) is 0 Å².